The minimum atomic E-state index is -0.104. The van der Waals surface area contributed by atoms with E-state index in [4.69, 9.17) is 33.7 Å². The molecule has 2 aromatic heterocycles. The highest BCUT2D eigenvalue weighted by atomic mass is 35.5. The Morgan fingerprint density at radius 1 is 1.19 bits per heavy atom. The number of benzene rings is 1. The number of halogens is 2. The quantitative estimate of drug-likeness (QED) is 0.500. The fraction of sp³-hybridized carbons (Fsp3) is 0.409. The van der Waals surface area contributed by atoms with Gasteiger partial charge in [-0.1, -0.05) is 23.2 Å². The van der Waals surface area contributed by atoms with E-state index in [1.165, 1.54) is 24.2 Å². The van der Waals surface area contributed by atoms with Gasteiger partial charge >= 0.3 is 0 Å². The van der Waals surface area contributed by atoms with Crippen LogP contribution in [0.2, 0.25) is 10.0 Å². The molecule has 2 fully saturated rings. The Labute approximate surface area is 199 Å². The van der Waals surface area contributed by atoms with Gasteiger partial charge in [0.15, 0.2) is 0 Å². The molecule has 32 heavy (non-hydrogen) atoms. The number of hydrogen-bond acceptors (Lipinski definition) is 7. The number of rotatable bonds is 7. The Hall–Kier alpha value is -2.13. The van der Waals surface area contributed by atoms with Gasteiger partial charge in [0.25, 0.3) is 5.91 Å². The zero-order valence-electron chi connectivity index (χ0n) is 17.4. The number of carbonyl (C=O) groups excluding carboxylic acids is 1. The van der Waals surface area contributed by atoms with E-state index in [1.807, 2.05) is 0 Å². The number of ether oxygens (including phenoxy) is 1. The molecule has 10 heteroatoms. The van der Waals surface area contributed by atoms with E-state index in [0.717, 1.165) is 37.9 Å². The van der Waals surface area contributed by atoms with Crippen molar-refractivity contribution in [1.29, 1.82) is 0 Å². The van der Waals surface area contributed by atoms with Crippen LogP contribution in [0.25, 0.3) is 21.5 Å². The lowest BCUT2D eigenvalue weighted by molar-refractivity contribution is 0.0955. The number of amides is 1. The second kappa shape index (κ2) is 9.02. The van der Waals surface area contributed by atoms with E-state index >= 15 is 0 Å². The predicted octanol–water partition coefficient (Wildman–Crippen LogP) is 4.61. The summed E-state index contributed by atoms with van der Waals surface area (Å²) in [6.07, 6.45) is 4.52. The number of nitrogens with one attached hydrogen (secondary N) is 1. The second-order valence-corrected chi connectivity index (χ2v) is 10.0. The first kappa shape index (κ1) is 21.7. The van der Waals surface area contributed by atoms with E-state index in [0.29, 0.717) is 43.4 Å². The van der Waals surface area contributed by atoms with Gasteiger partial charge in [-0.15, -0.1) is 11.3 Å². The van der Waals surface area contributed by atoms with Crippen LogP contribution < -0.4 is 15.8 Å². The summed E-state index contributed by atoms with van der Waals surface area (Å²) in [6.45, 7) is 3.60. The Morgan fingerprint density at radius 3 is 2.72 bits per heavy atom. The first-order valence-corrected chi connectivity index (χ1v) is 12.3. The van der Waals surface area contributed by atoms with Crippen molar-refractivity contribution < 1.29 is 9.53 Å². The van der Waals surface area contributed by atoms with Crippen LogP contribution in [0.5, 0.6) is 5.75 Å². The summed E-state index contributed by atoms with van der Waals surface area (Å²) in [5.74, 6) is 0.553. The molecule has 1 aromatic carbocycles. The summed E-state index contributed by atoms with van der Waals surface area (Å²) in [5.41, 5.74) is 7.18. The molecular formula is C22H23Cl2N5O2S. The van der Waals surface area contributed by atoms with Gasteiger partial charge in [0.2, 0.25) is 5.95 Å². The molecular weight excluding hydrogens is 469 g/mol. The monoisotopic (exact) mass is 491 g/mol. The molecule has 0 atom stereocenters. The lowest BCUT2D eigenvalue weighted by Gasteiger charge is -2.16. The lowest BCUT2D eigenvalue weighted by atomic mass is 10.1. The molecule has 1 saturated heterocycles. The molecule has 168 valence electrons. The summed E-state index contributed by atoms with van der Waals surface area (Å²) in [5, 5.41) is 4.59. The Bertz CT molecular complexity index is 1170. The van der Waals surface area contributed by atoms with Crippen LogP contribution in [0.15, 0.2) is 18.2 Å². The number of carbonyl (C=O) groups is 1. The maximum Gasteiger partial charge on any atom is 0.261 e. The summed E-state index contributed by atoms with van der Waals surface area (Å²) in [6, 6.07) is 5.51. The fourth-order valence-electron chi connectivity index (χ4n) is 3.85. The van der Waals surface area contributed by atoms with Crippen molar-refractivity contribution in [2.75, 3.05) is 32.0 Å². The maximum atomic E-state index is 12.5. The molecule has 3 aromatic rings. The van der Waals surface area contributed by atoms with Crippen LogP contribution in [-0.4, -0.2) is 53.1 Å². The third kappa shape index (κ3) is 4.64. The molecule has 3 heterocycles. The lowest BCUT2D eigenvalue weighted by Crippen LogP contribution is -2.25. The van der Waals surface area contributed by atoms with Crippen molar-refractivity contribution in [2.45, 2.75) is 31.7 Å². The van der Waals surface area contributed by atoms with E-state index in [2.05, 4.69) is 20.2 Å². The van der Waals surface area contributed by atoms with Crippen LogP contribution in [0.4, 0.5) is 5.95 Å². The molecule has 0 unspecified atom stereocenters. The third-order valence-corrected chi connectivity index (χ3v) is 7.32. The van der Waals surface area contributed by atoms with Gasteiger partial charge < -0.3 is 15.8 Å². The van der Waals surface area contributed by atoms with Crippen molar-refractivity contribution >= 4 is 56.6 Å². The standard InChI is InChI=1S/C22H23Cl2N5O2S/c23-15-11-16(24)17(31-8-7-29-5-1-2-6-29)9-13(15)19-14-10-18(20(30)26-12-3-4-12)32-21(14)28-22(25)27-19/h9-12H,1-8H2,(H,26,30)(H2,25,27,28). The average molecular weight is 492 g/mol. The topological polar surface area (TPSA) is 93.4 Å². The number of aromatic nitrogens is 2. The highest BCUT2D eigenvalue weighted by molar-refractivity contribution is 7.20. The first-order valence-electron chi connectivity index (χ1n) is 10.7. The number of nitrogens with zero attached hydrogens (tertiary/aromatic N) is 3. The van der Waals surface area contributed by atoms with Crippen molar-refractivity contribution in [3.05, 3.63) is 33.1 Å². The van der Waals surface area contributed by atoms with Crippen molar-refractivity contribution in [3.8, 4) is 17.0 Å². The number of hydrogen-bond donors (Lipinski definition) is 2. The number of anilines is 1. The number of likely N-dealkylation sites (tertiary alicyclic amines) is 1. The van der Waals surface area contributed by atoms with E-state index < -0.39 is 0 Å². The zero-order chi connectivity index (χ0) is 22.2. The molecule has 1 aliphatic carbocycles. The van der Waals surface area contributed by atoms with E-state index in [-0.39, 0.29) is 17.9 Å². The number of thiophene rings is 1. The minimum Gasteiger partial charge on any atom is -0.491 e. The molecule has 0 bridgehead atoms. The normalized spacial score (nSPS) is 16.6. The Morgan fingerprint density at radius 2 is 1.97 bits per heavy atom. The molecule has 2 aliphatic rings. The largest absolute Gasteiger partial charge is 0.491 e. The van der Waals surface area contributed by atoms with Gasteiger partial charge in [0, 0.05) is 23.5 Å². The Kier molecular flexibility index (Phi) is 6.11. The van der Waals surface area contributed by atoms with Crippen molar-refractivity contribution in [3.63, 3.8) is 0 Å². The maximum absolute atomic E-state index is 12.5. The van der Waals surface area contributed by atoms with Gasteiger partial charge in [0.05, 0.1) is 20.6 Å². The third-order valence-electron chi connectivity index (χ3n) is 5.69. The molecule has 5 rings (SSSR count). The van der Waals surface area contributed by atoms with E-state index in [9.17, 15) is 4.79 Å². The fourth-order valence-corrected chi connectivity index (χ4v) is 5.32. The predicted molar refractivity (Wildman–Crippen MR) is 129 cm³/mol. The second-order valence-electron chi connectivity index (χ2n) is 8.17. The van der Waals surface area contributed by atoms with Gasteiger partial charge in [-0.25, -0.2) is 9.97 Å². The Balaban J connectivity index is 1.46. The summed E-state index contributed by atoms with van der Waals surface area (Å²) < 4.78 is 5.98. The molecule has 1 amide bonds. The molecule has 3 N–H and O–H groups in total. The summed E-state index contributed by atoms with van der Waals surface area (Å²) in [7, 11) is 0. The molecule has 0 radical (unpaired) electrons. The van der Waals surface area contributed by atoms with E-state index in [1.54, 1.807) is 18.2 Å². The van der Waals surface area contributed by atoms with Crippen molar-refractivity contribution in [1.82, 2.24) is 20.2 Å². The van der Waals surface area contributed by atoms with Crippen molar-refractivity contribution in [2.24, 2.45) is 0 Å². The highest BCUT2D eigenvalue weighted by Gasteiger charge is 2.26. The minimum absolute atomic E-state index is 0.104. The molecule has 0 spiro atoms. The summed E-state index contributed by atoms with van der Waals surface area (Å²) in [4.78, 5) is 24.9. The molecule has 7 nitrogen and oxygen atoms in total. The number of nitrogen functional groups attached to an aromatic ring is 1. The number of nitrogens with two attached hydrogens (primary N) is 1. The van der Waals surface area contributed by atoms with Gasteiger partial charge in [0.1, 0.15) is 17.2 Å². The van der Waals surface area contributed by atoms with Crippen LogP contribution in [0.1, 0.15) is 35.4 Å². The highest BCUT2D eigenvalue weighted by Crippen LogP contribution is 2.40. The van der Waals surface area contributed by atoms with Crippen LogP contribution in [-0.2, 0) is 0 Å². The van der Waals surface area contributed by atoms with Gasteiger partial charge in [-0.05, 0) is 57.0 Å². The summed E-state index contributed by atoms with van der Waals surface area (Å²) >= 11 is 14.2. The number of fused-ring (bicyclic) bond motifs is 1. The molecule has 1 saturated carbocycles. The van der Waals surface area contributed by atoms with Crippen LogP contribution >= 0.6 is 34.5 Å². The van der Waals surface area contributed by atoms with Gasteiger partial charge in [-0.3, -0.25) is 9.69 Å². The molecule has 1 aliphatic heterocycles. The first-order chi connectivity index (χ1) is 15.5. The van der Waals surface area contributed by atoms with Crippen LogP contribution in [0, 0.1) is 0 Å². The average Bonchev–Trinajstić information content (AvgIpc) is 3.23. The van der Waals surface area contributed by atoms with Crippen LogP contribution in [0.3, 0.4) is 0 Å². The smallest absolute Gasteiger partial charge is 0.261 e. The van der Waals surface area contributed by atoms with Gasteiger partial charge in [-0.2, -0.15) is 0 Å². The zero-order valence-corrected chi connectivity index (χ0v) is 19.7. The SMILES string of the molecule is Nc1nc(-c2cc(OCCN3CCCC3)c(Cl)cc2Cl)c2cc(C(=O)NC3CC3)sc2n1.